The number of phenolic OH excluding ortho intramolecular Hbond substituents is 1. The number of nitrogens with one attached hydrogen (secondary N) is 4. The van der Waals surface area contributed by atoms with Gasteiger partial charge in [0.25, 0.3) is 5.69 Å². The molecular formula is C30H34N6O7S. The number of nitro benzene ring substituents is 1. The van der Waals surface area contributed by atoms with Gasteiger partial charge < -0.3 is 26.6 Å². The van der Waals surface area contributed by atoms with Crippen molar-refractivity contribution in [2.75, 3.05) is 0 Å². The number of aryl methyl sites for hydroxylation is 1. The number of non-ortho nitro benzene ring substituents is 1. The number of carboxylic acids is 1. The molecule has 0 aliphatic carbocycles. The normalized spacial score (nSPS) is 12.1. The number of nitrogens with zero attached hydrogens (tertiary/aromatic N) is 1. The third-order valence-electron chi connectivity index (χ3n) is 6.60. The molecule has 0 radical (unpaired) electrons. The van der Waals surface area contributed by atoms with Crippen LogP contribution in [-0.2, 0) is 33.1 Å². The predicted octanol–water partition coefficient (Wildman–Crippen LogP) is 2.99. The van der Waals surface area contributed by atoms with E-state index in [9.17, 15) is 34.7 Å². The van der Waals surface area contributed by atoms with E-state index in [-0.39, 0.29) is 36.7 Å². The van der Waals surface area contributed by atoms with Crippen molar-refractivity contribution in [1.29, 1.82) is 5.41 Å². The molecule has 0 unspecified atom stereocenters. The summed E-state index contributed by atoms with van der Waals surface area (Å²) in [7, 11) is 0. The minimum atomic E-state index is -1.12. The molecule has 3 aromatic rings. The van der Waals surface area contributed by atoms with Gasteiger partial charge in [0.05, 0.1) is 11.0 Å². The first-order valence-electron chi connectivity index (χ1n) is 13.6. The summed E-state index contributed by atoms with van der Waals surface area (Å²) in [5, 5.41) is 42.6. The van der Waals surface area contributed by atoms with Gasteiger partial charge >= 0.3 is 5.97 Å². The van der Waals surface area contributed by atoms with Gasteiger partial charge in [-0.2, -0.15) is 0 Å². The Balaban J connectivity index is 1.68. The molecule has 0 aliphatic heterocycles. The Bertz CT molecular complexity index is 1450. The fraction of sp³-hybridized carbons (Fsp3) is 0.267. The standard InChI is InChI=1S/C30H34N6O7S/c31-28(32)22-8-1-20(2-9-22)17-33-29(40)25(15-16-27(38)39)34-30(41)26(14-7-19-5-12-24(37)13-6-19)35-44-18-21-3-10-23(11-4-21)36(42)43/h1-6,8-13,25-26,35,37H,7,14-18H2,(H3,31,32)(H,33,40)(H,34,41)(H,38,39)/t25-,26+/m0/s1. The highest BCUT2D eigenvalue weighted by Gasteiger charge is 2.26. The maximum Gasteiger partial charge on any atom is 0.303 e. The Labute approximate surface area is 258 Å². The number of nitrogen functional groups attached to an aromatic ring is 1. The van der Waals surface area contributed by atoms with E-state index in [1.807, 2.05) is 0 Å². The number of nitrogens with two attached hydrogens (primary N) is 1. The number of carbonyl (C=O) groups is 3. The summed E-state index contributed by atoms with van der Waals surface area (Å²) in [6, 6.07) is 17.4. The molecular weight excluding hydrogens is 588 g/mol. The number of amidine groups is 1. The summed E-state index contributed by atoms with van der Waals surface area (Å²) in [4.78, 5) is 48.3. The Morgan fingerprint density at radius 1 is 0.886 bits per heavy atom. The number of rotatable bonds is 17. The van der Waals surface area contributed by atoms with Crippen LogP contribution in [0.2, 0.25) is 0 Å². The quantitative estimate of drug-likeness (QED) is 0.0383. The van der Waals surface area contributed by atoms with Crippen molar-refractivity contribution in [3.63, 3.8) is 0 Å². The van der Waals surface area contributed by atoms with Gasteiger partial charge in [-0.25, -0.2) is 0 Å². The molecule has 0 saturated carbocycles. The van der Waals surface area contributed by atoms with Crippen molar-refractivity contribution in [1.82, 2.24) is 15.4 Å². The lowest BCUT2D eigenvalue weighted by Gasteiger charge is -2.23. The Morgan fingerprint density at radius 2 is 1.50 bits per heavy atom. The number of hydrogen-bond acceptors (Lipinski definition) is 9. The molecule has 0 spiro atoms. The van der Waals surface area contributed by atoms with Gasteiger partial charge in [0, 0.05) is 36.4 Å². The van der Waals surface area contributed by atoms with Crippen molar-refractivity contribution >= 4 is 41.3 Å². The van der Waals surface area contributed by atoms with Crippen LogP contribution in [0, 0.1) is 15.5 Å². The first-order valence-corrected chi connectivity index (χ1v) is 14.6. The van der Waals surface area contributed by atoms with Crippen molar-refractivity contribution in [2.45, 2.75) is 50.1 Å². The Hall–Kier alpha value is -4.95. The lowest BCUT2D eigenvalue weighted by Crippen LogP contribution is -2.52. The molecule has 2 atom stereocenters. The van der Waals surface area contributed by atoms with Gasteiger partial charge in [0.2, 0.25) is 11.8 Å². The minimum Gasteiger partial charge on any atom is -0.508 e. The number of amides is 2. The van der Waals surface area contributed by atoms with E-state index in [1.54, 1.807) is 60.7 Å². The van der Waals surface area contributed by atoms with Crippen molar-refractivity contribution in [3.8, 4) is 5.75 Å². The third kappa shape index (κ3) is 11.0. The lowest BCUT2D eigenvalue weighted by atomic mass is 10.0. The molecule has 0 bridgehead atoms. The fourth-order valence-electron chi connectivity index (χ4n) is 4.08. The lowest BCUT2D eigenvalue weighted by molar-refractivity contribution is -0.384. The van der Waals surface area contributed by atoms with Gasteiger partial charge in [-0.3, -0.25) is 34.6 Å². The second-order valence-electron chi connectivity index (χ2n) is 9.91. The van der Waals surface area contributed by atoms with Crippen LogP contribution in [-0.4, -0.2) is 50.8 Å². The Morgan fingerprint density at radius 3 is 2.09 bits per heavy atom. The number of hydrogen-bond donors (Lipinski definition) is 7. The predicted molar refractivity (Wildman–Crippen MR) is 166 cm³/mol. The molecule has 2 amide bonds. The van der Waals surface area contributed by atoms with Crippen LogP contribution in [0.5, 0.6) is 5.75 Å². The average molecular weight is 623 g/mol. The molecule has 8 N–H and O–H groups in total. The van der Waals surface area contributed by atoms with Crippen molar-refractivity contribution in [2.24, 2.45) is 5.73 Å². The molecule has 0 fully saturated rings. The first-order chi connectivity index (χ1) is 21.0. The van der Waals surface area contributed by atoms with Crippen LogP contribution in [0.1, 0.15) is 41.5 Å². The number of aromatic hydroxyl groups is 1. The van der Waals surface area contributed by atoms with Crippen LogP contribution in [0.15, 0.2) is 72.8 Å². The van der Waals surface area contributed by atoms with Crippen LogP contribution >= 0.6 is 11.9 Å². The molecule has 232 valence electrons. The molecule has 13 nitrogen and oxygen atoms in total. The number of aliphatic carboxylic acids is 1. The first kappa shape index (κ1) is 33.6. The number of carbonyl (C=O) groups excluding carboxylic acids is 2. The maximum absolute atomic E-state index is 13.5. The van der Waals surface area contributed by atoms with Crippen LogP contribution in [0.25, 0.3) is 0 Å². The fourth-order valence-corrected chi connectivity index (χ4v) is 4.95. The van der Waals surface area contributed by atoms with Crippen LogP contribution in [0.3, 0.4) is 0 Å². The Kier molecular flexibility index (Phi) is 12.7. The van der Waals surface area contributed by atoms with E-state index in [0.29, 0.717) is 24.2 Å². The number of phenols is 1. The zero-order valence-corrected chi connectivity index (χ0v) is 24.5. The summed E-state index contributed by atoms with van der Waals surface area (Å²) in [5.74, 6) is -1.75. The second-order valence-corrected chi connectivity index (χ2v) is 10.7. The zero-order chi connectivity index (χ0) is 32.1. The van der Waals surface area contributed by atoms with E-state index >= 15 is 0 Å². The van der Waals surface area contributed by atoms with E-state index in [1.165, 1.54) is 24.1 Å². The summed E-state index contributed by atoms with van der Waals surface area (Å²) in [6.07, 6.45) is 0.314. The third-order valence-corrected chi connectivity index (χ3v) is 7.53. The molecule has 44 heavy (non-hydrogen) atoms. The van der Waals surface area contributed by atoms with Crippen LogP contribution < -0.4 is 21.1 Å². The highest BCUT2D eigenvalue weighted by atomic mass is 32.2. The van der Waals surface area contributed by atoms with Gasteiger partial charge in [-0.15, -0.1) is 0 Å². The monoisotopic (exact) mass is 622 g/mol. The molecule has 14 heteroatoms. The van der Waals surface area contributed by atoms with E-state index in [0.717, 1.165) is 16.7 Å². The van der Waals surface area contributed by atoms with E-state index < -0.39 is 34.8 Å². The highest BCUT2D eigenvalue weighted by Crippen LogP contribution is 2.18. The summed E-state index contributed by atoms with van der Waals surface area (Å²) >= 11 is 1.22. The molecule has 0 aromatic heterocycles. The molecule has 0 heterocycles. The van der Waals surface area contributed by atoms with Gasteiger partial charge in [0.15, 0.2) is 0 Å². The summed E-state index contributed by atoms with van der Waals surface area (Å²) < 4.78 is 3.11. The smallest absolute Gasteiger partial charge is 0.303 e. The second kappa shape index (κ2) is 16.6. The minimum absolute atomic E-state index is 0.0309. The average Bonchev–Trinajstić information content (AvgIpc) is 3.00. The van der Waals surface area contributed by atoms with Crippen LogP contribution in [0.4, 0.5) is 5.69 Å². The van der Waals surface area contributed by atoms with Gasteiger partial charge in [-0.1, -0.05) is 60.5 Å². The van der Waals surface area contributed by atoms with Gasteiger partial charge in [0.1, 0.15) is 17.6 Å². The number of nitro groups is 1. The largest absolute Gasteiger partial charge is 0.508 e. The number of carboxylic acid groups (broad SMARTS) is 1. The number of benzene rings is 3. The SMILES string of the molecule is N=C(N)c1ccc(CNC(=O)[C@H](CCC(=O)O)NC(=O)[C@@H](CCc2ccc(O)cc2)NSCc2ccc([N+](=O)[O-])cc2)cc1. The molecule has 3 aromatic carbocycles. The van der Waals surface area contributed by atoms with E-state index in [4.69, 9.17) is 11.1 Å². The maximum atomic E-state index is 13.5. The molecule has 0 aliphatic rings. The molecule has 3 rings (SSSR count). The zero-order valence-electron chi connectivity index (χ0n) is 23.7. The van der Waals surface area contributed by atoms with E-state index in [2.05, 4.69) is 15.4 Å². The van der Waals surface area contributed by atoms with Crippen molar-refractivity contribution < 1.29 is 29.5 Å². The summed E-state index contributed by atoms with van der Waals surface area (Å²) in [5.41, 5.74) is 8.37. The van der Waals surface area contributed by atoms with Gasteiger partial charge in [-0.05, 0) is 48.1 Å². The van der Waals surface area contributed by atoms with Crippen molar-refractivity contribution in [3.05, 3.63) is 105 Å². The highest BCUT2D eigenvalue weighted by molar-refractivity contribution is 7.96. The summed E-state index contributed by atoms with van der Waals surface area (Å²) in [6.45, 7) is 0.115. The molecule has 0 saturated heterocycles. The topological polar surface area (TPSA) is 221 Å².